The second kappa shape index (κ2) is 41.4. The number of nitrogen functional groups attached to an aromatic ring is 4. The van der Waals surface area contributed by atoms with Gasteiger partial charge < -0.3 is 90.8 Å². The fraction of sp³-hybridized carbons (Fsp3) is 0.465. The lowest BCUT2D eigenvalue weighted by molar-refractivity contribution is -0.141. The normalized spacial score (nSPS) is 15.5. The third kappa shape index (κ3) is 22.6. The summed E-state index contributed by atoms with van der Waals surface area (Å²) in [5, 5.41) is 29.6. The van der Waals surface area contributed by atoms with Crippen LogP contribution in [-0.4, -0.2) is 201 Å². The third-order valence-electron chi connectivity index (χ3n) is 22.3. The number of nitrogens with two attached hydrogens (primary N) is 4. The van der Waals surface area contributed by atoms with Gasteiger partial charge in [0.2, 0.25) is 0 Å². The third-order valence-corrected chi connectivity index (χ3v) is 31.5. The molecular formula is C86H104I4N24O8S4. The molecule has 12 aromatic rings. The van der Waals surface area contributed by atoms with Gasteiger partial charge in [-0.05, 0) is 236 Å². The van der Waals surface area contributed by atoms with Crippen LogP contribution < -0.4 is 52.5 Å². The zero-order valence-electron chi connectivity index (χ0n) is 71.5. The van der Waals surface area contributed by atoms with E-state index >= 15 is 0 Å². The Labute approximate surface area is 802 Å². The van der Waals surface area contributed by atoms with Crippen molar-refractivity contribution in [1.29, 1.82) is 0 Å². The van der Waals surface area contributed by atoms with E-state index in [4.69, 9.17) is 61.8 Å². The number of amides is 2. The van der Waals surface area contributed by atoms with Crippen LogP contribution in [0.2, 0.25) is 0 Å². The number of aliphatic hydroxyl groups excluding tert-OH is 2. The summed E-state index contributed by atoms with van der Waals surface area (Å²) < 4.78 is 36.3. The summed E-state index contributed by atoms with van der Waals surface area (Å²) in [6.07, 6.45) is 13.5. The Morgan fingerprint density at radius 1 is 0.444 bits per heavy atom. The Morgan fingerprint density at radius 3 is 1.02 bits per heavy atom. The van der Waals surface area contributed by atoms with Crippen molar-refractivity contribution in [3.05, 3.63) is 110 Å². The summed E-state index contributed by atoms with van der Waals surface area (Å²) >= 11 is 15.9. The SMILES string of the molecule is CC(C)(C)CNCCn1c(Sc2cc3c(cc2[124I])CCO3)nc2c(N)ncnc21.CC(C)(C)CNCCn1c(Sc2cc3c(cc2[131I])CCO3)nc2c(N)ncnc21.C[C@H](O)C(=O)N1CCC(CCn2c(Sc3cc4c(cc3[124I])CCO4)nc3c(N)ncnc32)CC1.C[C@H](O)C(=O)N1CCC(CCn2c(Sc3cc4c(cc3[131I])CCO4)nc3c(N)ncnc32)CC1. The minimum Gasteiger partial charge on any atom is -0.493 e. The van der Waals surface area contributed by atoms with Gasteiger partial charge in [-0.15, -0.1) is 0 Å². The summed E-state index contributed by atoms with van der Waals surface area (Å²) in [6, 6.07) is 17.2. The fourth-order valence-electron chi connectivity index (χ4n) is 15.6. The summed E-state index contributed by atoms with van der Waals surface area (Å²) in [5.41, 5.74) is 35.5. The fourth-order valence-corrected chi connectivity index (χ4v) is 22.8. The zero-order chi connectivity index (χ0) is 88.8. The van der Waals surface area contributed by atoms with E-state index < -0.39 is 12.2 Å². The number of carbonyl (C=O) groups excluding carboxylic acids is 2. The van der Waals surface area contributed by atoms with E-state index in [1.807, 2.05) is 0 Å². The van der Waals surface area contributed by atoms with Gasteiger partial charge in [0.15, 0.2) is 88.6 Å². The second-order valence-corrected chi connectivity index (χ2v) is 42.9. The van der Waals surface area contributed by atoms with Gasteiger partial charge in [-0.3, -0.25) is 9.59 Å². The molecule has 2 atom stereocenters. The van der Waals surface area contributed by atoms with Gasteiger partial charge in [0.25, 0.3) is 11.8 Å². The molecule has 6 aliphatic rings. The van der Waals surface area contributed by atoms with Crippen molar-refractivity contribution in [2.45, 2.75) is 198 Å². The minimum atomic E-state index is -0.939. The number of rotatable bonds is 24. The number of halogens is 4. The van der Waals surface area contributed by atoms with Crippen molar-refractivity contribution in [2.24, 2.45) is 22.7 Å². The first-order valence-corrected chi connectivity index (χ1v) is 49.8. The molecule has 0 saturated carbocycles. The Morgan fingerprint density at radius 2 is 0.722 bits per heavy atom. The van der Waals surface area contributed by atoms with E-state index in [0.717, 1.165) is 229 Å². The summed E-state index contributed by atoms with van der Waals surface area (Å²) in [7, 11) is 0. The molecule has 0 spiro atoms. The van der Waals surface area contributed by atoms with Gasteiger partial charge in [0.05, 0.1) is 26.4 Å². The van der Waals surface area contributed by atoms with E-state index in [2.05, 4.69) is 249 Å². The molecule has 40 heteroatoms. The highest BCUT2D eigenvalue weighted by molar-refractivity contribution is 14.1. The smallest absolute Gasteiger partial charge is 0.251 e. The number of imidazole rings is 4. The number of nitrogens with one attached hydrogen (secondary N) is 2. The maximum Gasteiger partial charge on any atom is 0.251 e. The van der Waals surface area contributed by atoms with E-state index in [1.165, 1.54) is 75.7 Å². The first-order valence-electron chi connectivity index (χ1n) is 42.2. The van der Waals surface area contributed by atoms with E-state index in [1.54, 1.807) is 56.8 Å². The summed E-state index contributed by atoms with van der Waals surface area (Å²) in [5.74, 6) is 6.02. The average molecular weight is 2240 g/mol. The van der Waals surface area contributed by atoms with Crippen LogP contribution in [0.3, 0.4) is 0 Å². The highest BCUT2D eigenvalue weighted by Gasteiger charge is 2.32. The molecule has 0 unspecified atom stereocenters. The van der Waals surface area contributed by atoms with Crippen molar-refractivity contribution in [3.8, 4) is 23.0 Å². The lowest BCUT2D eigenvalue weighted by Gasteiger charge is -2.32. The van der Waals surface area contributed by atoms with Gasteiger partial charge >= 0.3 is 0 Å². The van der Waals surface area contributed by atoms with Crippen molar-refractivity contribution >= 4 is 217 Å². The lowest BCUT2D eigenvalue weighted by atomic mass is 9.93. The molecule has 2 amide bonds. The topological polar surface area (TPSA) is 421 Å². The van der Waals surface area contributed by atoms with Crippen molar-refractivity contribution < 1.29 is 38.7 Å². The van der Waals surface area contributed by atoms with Gasteiger partial charge in [0.1, 0.15) is 60.5 Å². The summed E-state index contributed by atoms with van der Waals surface area (Å²) in [4.78, 5) is 85.6. The molecule has 14 heterocycles. The summed E-state index contributed by atoms with van der Waals surface area (Å²) in [6.45, 7) is 28.6. The van der Waals surface area contributed by atoms with Crippen LogP contribution in [-0.2, 0) is 61.5 Å². The first-order chi connectivity index (χ1) is 60.4. The molecule has 2 fully saturated rings. The molecule has 668 valence electrons. The van der Waals surface area contributed by atoms with E-state index in [9.17, 15) is 19.8 Å². The Balaban J connectivity index is 0.000000130. The highest BCUT2D eigenvalue weighted by Crippen LogP contribution is 2.45. The molecule has 32 nitrogen and oxygen atoms in total. The number of anilines is 4. The number of carbonyl (C=O) groups is 2. The van der Waals surface area contributed by atoms with Gasteiger partial charge in [-0.1, -0.05) is 88.6 Å². The van der Waals surface area contributed by atoms with Gasteiger partial charge in [0, 0.05) is 138 Å². The molecule has 18 rings (SSSR count). The average Bonchev–Trinajstić information content (AvgIpc) is 1.64. The van der Waals surface area contributed by atoms with Crippen molar-refractivity contribution in [3.63, 3.8) is 0 Å². The van der Waals surface area contributed by atoms with Crippen LogP contribution in [0.5, 0.6) is 23.0 Å². The van der Waals surface area contributed by atoms with Crippen LogP contribution >= 0.6 is 137 Å². The number of fused-ring (bicyclic) bond motifs is 8. The predicted octanol–water partition coefficient (Wildman–Crippen LogP) is 13.7. The van der Waals surface area contributed by atoms with Crippen LogP contribution in [0.4, 0.5) is 23.3 Å². The van der Waals surface area contributed by atoms with Crippen LogP contribution in [0, 0.1) is 36.9 Å². The van der Waals surface area contributed by atoms with Crippen LogP contribution in [0.1, 0.15) is 116 Å². The van der Waals surface area contributed by atoms with Gasteiger partial charge in [-0.25, -0.2) is 59.8 Å². The molecule has 2 saturated heterocycles. The maximum absolute atomic E-state index is 12.1. The second-order valence-electron chi connectivity index (χ2n) is 34.2. The molecule has 0 aliphatic carbocycles. The van der Waals surface area contributed by atoms with Crippen molar-refractivity contribution in [1.82, 2.24) is 98.5 Å². The molecule has 0 radical (unpaired) electrons. The number of nitrogens with zero attached hydrogens (tertiary/aromatic N) is 18. The molecule has 6 aliphatic heterocycles. The maximum atomic E-state index is 12.1. The molecule has 4 aromatic carbocycles. The number of likely N-dealkylation sites (tertiary alicyclic amines) is 2. The Bertz CT molecular complexity index is 5610. The first kappa shape index (κ1) is 93.3. The molecular weight excluding hydrogens is 2130 g/mol. The molecule has 12 N–H and O–H groups in total. The minimum absolute atomic E-state index is 0.183. The van der Waals surface area contributed by atoms with Gasteiger partial charge in [-0.2, -0.15) is 0 Å². The monoisotopic (exact) mass is 2240 g/mol. The molecule has 0 bridgehead atoms. The lowest BCUT2D eigenvalue weighted by Crippen LogP contribution is -2.43. The largest absolute Gasteiger partial charge is 0.493 e. The highest BCUT2D eigenvalue weighted by atomic mass is 131. The molecule has 8 aromatic heterocycles. The number of aromatic nitrogens is 16. The number of benzene rings is 4. The molecule has 126 heavy (non-hydrogen) atoms. The van der Waals surface area contributed by atoms with E-state index in [-0.39, 0.29) is 22.6 Å². The Hall–Kier alpha value is -7.42. The number of ether oxygens (including phenoxy) is 4. The van der Waals surface area contributed by atoms with Crippen LogP contribution in [0.15, 0.2) is 114 Å². The predicted molar refractivity (Wildman–Crippen MR) is 525 cm³/mol. The number of piperidine rings is 2. The van der Waals surface area contributed by atoms with Crippen molar-refractivity contribution in [2.75, 3.05) is 102 Å². The number of hydrogen-bond donors (Lipinski definition) is 8. The number of aliphatic hydroxyl groups is 2. The quantitative estimate of drug-likeness (QED) is 0.0206. The Kier molecular flexibility index (Phi) is 30.6. The van der Waals surface area contributed by atoms with Crippen LogP contribution in [0.25, 0.3) is 44.7 Å². The standard InChI is InChI=1S/2C23H27IN6O3S.2C20H25IN6OS/c2*1-13(31)22(32)29-6-2-14(3-7-29)4-8-30-21-19(20(25)26-12-27-21)28-23(30)34-18-11-17-15(5-9-33-17)10-16(18)24;2*1-20(2,3)10-23-5-6-27-18-16(17(22)24-11-25-18)26-19(27)29-15-9-14-12(4-7-28-14)8-13(15)21/h2*10-14,31H,2-9H2,1H3,(H2,25,26,27);2*8-9,11,23H,4-7,10H2,1-3H3,(H2,22,24,25)/t2*13-;;/m00../s1/i24+4;24-3;21+4;21-3. The zero-order valence-corrected chi connectivity index (χ0v) is 83.4. The van der Waals surface area contributed by atoms with E-state index in [0.29, 0.717) is 83.4 Å². The number of hydrogen-bond acceptors (Lipinski definition) is 30. The number of aryl methyl sites for hydroxylation is 2.